The van der Waals surface area contributed by atoms with Crippen molar-refractivity contribution in [3.05, 3.63) is 0 Å². The van der Waals surface area contributed by atoms with Crippen LogP contribution in [0.5, 0.6) is 0 Å². The SMILES string of the molecule is CCOC(=O)NF.FF.FF.FF.FF. The summed E-state index contributed by atoms with van der Waals surface area (Å²) in [6.07, 6.45) is -1.04. The Morgan fingerprint density at radius 3 is 1.33 bits per heavy atom. The second-order valence-corrected chi connectivity index (χ2v) is 0.815. The molecule has 0 spiro atoms. The molecule has 3 nitrogen and oxygen atoms in total. The number of carbonyl (C=O) groups is 1. The molecule has 0 rings (SSSR count). The minimum Gasteiger partial charge on any atom is -0.448 e. The van der Waals surface area contributed by atoms with E-state index in [4.69, 9.17) is 36.6 Å². The quantitative estimate of drug-likeness (QED) is 0.571. The lowest BCUT2D eigenvalue weighted by molar-refractivity contribution is 0.108. The van der Waals surface area contributed by atoms with Crippen LogP contribution in [0, 0.1) is 0 Å². The first-order chi connectivity index (χ1) is 7.31. The van der Waals surface area contributed by atoms with Gasteiger partial charge in [0.25, 0.3) is 0 Å². The summed E-state index contributed by atoms with van der Waals surface area (Å²) in [5.41, 5.74) is 0.805. The summed E-state index contributed by atoms with van der Waals surface area (Å²) in [6, 6.07) is 0. The molecule has 12 heteroatoms. The van der Waals surface area contributed by atoms with E-state index < -0.39 is 6.09 Å². The lowest BCUT2D eigenvalue weighted by Gasteiger charge is -1.92. The van der Waals surface area contributed by atoms with Crippen molar-refractivity contribution >= 4 is 6.09 Å². The molecule has 0 radical (unpaired) electrons. The molecule has 0 atom stereocenters. The third-order valence-corrected chi connectivity index (χ3v) is 0.353. The van der Waals surface area contributed by atoms with E-state index in [1.54, 1.807) is 6.92 Å². The first kappa shape index (κ1) is 29.2. The summed E-state index contributed by atoms with van der Waals surface area (Å²) in [5.74, 6) is 0. The van der Waals surface area contributed by atoms with Gasteiger partial charge in [-0.3, -0.25) is 0 Å². The highest BCUT2D eigenvalue weighted by Gasteiger charge is 1.92. The Labute approximate surface area is 77.2 Å². The summed E-state index contributed by atoms with van der Waals surface area (Å²) in [4.78, 5) is 9.70. The second-order valence-electron chi connectivity index (χ2n) is 0.815. The molecule has 0 aromatic heterocycles. The zero-order chi connectivity index (χ0) is 13.7. The first-order valence-electron chi connectivity index (χ1n) is 2.41. The molecule has 0 heterocycles. The van der Waals surface area contributed by atoms with E-state index >= 15 is 0 Å². The molecule has 1 amide bonds. The number of halogens is 9. The summed E-state index contributed by atoms with van der Waals surface area (Å²) in [6.45, 7) is 1.78. The number of hydrogen-bond donors (Lipinski definition) is 1. The molecule has 0 aromatic carbocycles. The summed E-state index contributed by atoms with van der Waals surface area (Å²) in [7, 11) is 0. The van der Waals surface area contributed by atoms with Gasteiger partial charge in [0.15, 0.2) is 0 Å². The van der Waals surface area contributed by atoms with Gasteiger partial charge in [0.2, 0.25) is 0 Å². The summed E-state index contributed by atoms with van der Waals surface area (Å²) < 4.78 is 78.9. The molecule has 0 bridgehead atoms. The number of ether oxygens (including phenoxy) is 1. The van der Waals surface area contributed by atoms with Crippen LogP contribution in [0.15, 0.2) is 0 Å². The largest absolute Gasteiger partial charge is 0.448 e. The van der Waals surface area contributed by atoms with Gasteiger partial charge in [0.05, 0.1) is 6.61 Å². The monoisotopic (exact) mass is 259 g/mol. The molecule has 98 valence electrons. The van der Waals surface area contributed by atoms with Crippen LogP contribution in [0.1, 0.15) is 6.92 Å². The fourth-order valence-corrected chi connectivity index (χ4v) is 0.158. The maximum absolute atomic E-state index is 10.8. The molecule has 1 N–H and O–H groups in total. The molecule has 0 aliphatic heterocycles. The van der Waals surface area contributed by atoms with Gasteiger partial charge in [-0.15, -0.1) is 0 Å². The van der Waals surface area contributed by atoms with Gasteiger partial charge < -0.3 is 4.74 Å². The second kappa shape index (κ2) is 79.5. The van der Waals surface area contributed by atoms with Gasteiger partial charge >= 0.3 is 6.09 Å². The predicted octanol–water partition coefficient (Wildman–Crippen LogP) is 3.98. The standard InChI is InChI=1S/C3H6FNO2.4F2/c1-2-7-3(6)5-4;4*1-2/h2H2,1H3,(H,5,6);;;;. The third-order valence-electron chi connectivity index (χ3n) is 0.353. The van der Waals surface area contributed by atoms with Crippen LogP contribution in [0.3, 0.4) is 0 Å². The van der Waals surface area contributed by atoms with E-state index in [2.05, 4.69) is 4.74 Å². The maximum atomic E-state index is 10.8. The first-order valence-corrected chi connectivity index (χ1v) is 2.41. The van der Waals surface area contributed by atoms with Crippen LogP contribution in [-0.4, -0.2) is 12.7 Å². The van der Waals surface area contributed by atoms with Crippen LogP contribution in [-0.2, 0) is 4.74 Å². The van der Waals surface area contributed by atoms with Gasteiger partial charge in [-0.2, -0.15) is 5.54 Å². The van der Waals surface area contributed by atoms with Gasteiger partial charge in [0.1, 0.15) is 0 Å². The molecule has 0 saturated heterocycles. The van der Waals surface area contributed by atoms with Gasteiger partial charge in [-0.1, -0.05) is 4.48 Å². The highest BCUT2D eigenvalue weighted by molar-refractivity contribution is 5.65. The van der Waals surface area contributed by atoms with Crippen LogP contribution in [0.2, 0.25) is 0 Å². The van der Waals surface area contributed by atoms with Crippen LogP contribution >= 0.6 is 0 Å². The Kier molecular flexibility index (Phi) is 155. The molecule has 15 heavy (non-hydrogen) atoms. The van der Waals surface area contributed by atoms with Crippen molar-refractivity contribution in [2.45, 2.75) is 6.92 Å². The maximum Gasteiger partial charge on any atom is 0.435 e. The van der Waals surface area contributed by atoms with Crippen molar-refractivity contribution < 1.29 is 50.6 Å². The number of carbonyl (C=O) groups excluding carboxylic acids is 1. The van der Waals surface area contributed by atoms with Crippen LogP contribution in [0.25, 0.3) is 0 Å². The van der Waals surface area contributed by atoms with Gasteiger partial charge in [-0.25, -0.2) is 4.79 Å². The highest BCUT2D eigenvalue weighted by atomic mass is 20.0. The number of rotatable bonds is 1. The average Bonchev–Trinajstić information content (AvgIpc) is 2.39. The number of amides is 1. The van der Waals surface area contributed by atoms with E-state index in [1.165, 1.54) is 0 Å². The molecule has 0 fully saturated rings. The zero-order valence-corrected chi connectivity index (χ0v) is 6.93. The fourth-order valence-electron chi connectivity index (χ4n) is 0.158. The Morgan fingerprint density at radius 1 is 1.00 bits per heavy atom. The van der Waals surface area contributed by atoms with Crippen molar-refractivity contribution in [1.29, 1.82) is 0 Å². The van der Waals surface area contributed by atoms with E-state index in [9.17, 15) is 9.28 Å². The zero-order valence-electron chi connectivity index (χ0n) is 6.93. The Balaban J connectivity index is -0.0000000353. The Hall–Kier alpha value is -1.36. The number of hydrogen-bond acceptors (Lipinski definition) is 2. The van der Waals surface area contributed by atoms with E-state index in [0.717, 1.165) is 5.54 Å². The smallest absolute Gasteiger partial charge is 0.435 e. The minimum atomic E-state index is -1.04. The van der Waals surface area contributed by atoms with Gasteiger partial charge in [0, 0.05) is 36.6 Å². The topological polar surface area (TPSA) is 38.3 Å². The average molecular weight is 259 g/mol. The Morgan fingerprint density at radius 2 is 1.27 bits per heavy atom. The highest BCUT2D eigenvalue weighted by Crippen LogP contribution is 1.72. The van der Waals surface area contributed by atoms with Crippen LogP contribution < -0.4 is 5.54 Å². The van der Waals surface area contributed by atoms with Crippen molar-refractivity contribution in [3.8, 4) is 0 Å². The van der Waals surface area contributed by atoms with Gasteiger partial charge in [-0.05, 0) is 6.92 Å². The molecule has 0 aliphatic rings. The minimum absolute atomic E-state index is 0.190. The molecular formula is C3H6F9NO2. The molecule has 0 aliphatic carbocycles. The van der Waals surface area contributed by atoms with Crippen molar-refractivity contribution in [1.82, 2.24) is 5.54 Å². The third kappa shape index (κ3) is 108. The van der Waals surface area contributed by atoms with Crippen molar-refractivity contribution in [3.63, 3.8) is 0 Å². The molecule has 0 unspecified atom stereocenters. The predicted molar refractivity (Wildman–Crippen MR) is 30.1 cm³/mol. The number of nitrogens with one attached hydrogen (secondary N) is 1. The summed E-state index contributed by atoms with van der Waals surface area (Å²) >= 11 is 0. The van der Waals surface area contributed by atoms with Crippen molar-refractivity contribution in [2.24, 2.45) is 0 Å². The summed E-state index contributed by atoms with van der Waals surface area (Å²) in [5, 5.41) is 0. The lowest BCUT2D eigenvalue weighted by Crippen LogP contribution is -2.14. The van der Waals surface area contributed by atoms with E-state index in [0.29, 0.717) is 0 Å². The van der Waals surface area contributed by atoms with Crippen molar-refractivity contribution in [2.75, 3.05) is 6.61 Å². The van der Waals surface area contributed by atoms with E-state index in [1.807, 2.05) is 0 Å². The molecular weight excluding hydrogens is 253 g/mol. The fraction of sp³-hybridized carbons (Fsp3) is 0.667. The van der Waals surface area contributed by atoms with E-state index in [-0.39, 0.29) is 6.61 Å². The molecule has 0 saturated carbocycles. The van der Waals surface area contributed by atoms with Crippen LogP contribution in [0.4, 0.5) is 45.9 Å². The Bertz CT molecular complexity index is 76.4. The normalized spacial score (nSPS) is 5.20. The lowest BCUT2D eigenvalue weighted by atomic mass is 10.9. The molecule has 0 aromatic rings.